The van der Waals surface area contributed by atoms with Gasteiger partial charge in [-0.25, -0.2) is 9.59 Å². The summed E-state index contributed by atoms with van der Waals surface area (Å²) < 4.78 is 3.77. The van der Waals surface area contributed by atoms with Crippen molar-refractivity contribution in [3.05, 3.63) is 0 Å². The molecule has 1 radical (unpaired) electrons. The summed E-state index contributed by atoms with van der Waals surface area (Å²) in [6.07, 6.45) is 0. The standard InChI is InChI=1S/C3H4O4.Nb/c1-7-3(6)2(4)5;/h1H3,(H,4,5);. The van der Waals surface area contributed by atoms with Gasteiger partial charge in [0.2, 0.25) is 0 Å². The summed E-state index contributed by atoms with van der Waals surface area (Å²) in [5, 5.41) is 7.71. The van der Waals surface area contributed by atoms with E-state index in [1.807, 2.05) is 0 Å². The first-order chi connectivity index (χ1) is 3.18. The van der Waals surface area contributed by atoms with E-state index in [0.29, 0.717) is 0 Å². The van der Waals surface area contributed by atoms with E-state index < -0.39 is 11.9 Å². The van der Waals surface area contributed by atoms with Gasteiger partial charge in [-0.05, 0) is 0 Å². The van der Waals surface area contributed by atoms with Crippen molar-refractivity contribution in [1.82, 2.24) is 0 Å². The molecule has 45 valence electrons. The van der Waals surface area contributed by atoms with Crippen LogP contribution in [0.15, 0.2) is 0 Å². The van der Waals surface area contributed by atoms with Gasteiger partial charge in [-0.2, -0.15) is 0 Å². The zero-order chi connectivity index (χ0) is 5.86. The number of hydrogen-bond acceptors (Lipinski definition) is 3. The first-order valence-electron chi connectivity index (χ1n) is 1.49. The van der Waals surface area contributed by atoms with Gasteiger partial charge in [-0.15, -0.1) is 0 Å². The maximum Gasteiger partial charge on any atom is 0.417 e. The molecule has 0 aromatic heterocycles. The summed E-state index contributed by atoms with van der Waals surface area (Å²) in [5.74, 6) is -2.80. The predicted octanol–water partition coefficient (Wildman–Crippen LogP) is -0.758. The second-order valence-corrected chi connectivity index (χ2v) is 0.797. The van der Waals surface area contributed by atoms with Crippen LogP contribution in [0.1, 0.15) is 0 Å². The minimum absolute atomic E-state index is 0. The van der Waals surface area contributed by atoms with E-state index >= 15 is 0 Å². The van der Waals surface area contributed by atoms with Crippen molar-refractivity contribution in [2.45, 2.75) is 0 Å². The van der Waals surface area contributed by atoms with Crippen LogP contribution in [-0.4, -0.2) is 24.2 Å². The largest absolute Gasteiger partial charge is 0.473 e. The van der Waals surface area contributed by atoms with Crippen molar-refractivity contribution >= 4 is 11.9 Å². The molecule has 0 amide bonds. The number of esters is 1. The fraction of sp³-hybridized carbons (Fsp3) is 0.333. The van der Waals surface area contributed by atoms with Gasteiger partial charge in [0.25, 0.3) is 0 Å². The number of ether oxygens (including phenoxy) is 1. The van der Waals surface area contributed by atoms with Gasteiger partial charge >= 0.3 is 11.9 Å². The number of hydrogen-bond donors (Lipinski definition) is 1. The van der Waals surface area contributed by atoms with Gasteiger partial charge in [-0.3, -0.25) is 0 Å². The second-order valence-electron chi connectivity index (χ2n) is 0.797. The molecule has 0 bridgehead atoms. The average Bonchev–Trinajstić information content (AvgIpc) is 1.65. The van der Waals surface area contributed by atoms with Crippen molar-refractivity contribution < 1.29 is 41.8 Å². The molecule has 4 nitrogen and oxygen atoms in total. The fourth-order valence-corrected chi connectivity index (χ4v) is 0.0873. The molecule has 8 heavy (non-hydrogen) atoms. The Morgan fingerprint density at radius 1 is 1.50 bits per heavy atom. The minimum Gasteiger partial charge on any atom is -0.473 e. The van der Waals surface area contributed by atoms with Gasteiger partial charge in [-0.1, -0.05) is 0 Å². The molecule has 0 fully saturated rings. The quantitative estimate of drug-likeness (QED) is 0.315. The Balaban J connectivity index is 0. The zero-order valence-electron chi connectivity index (χ0n) is 4.12. The average molecular weight is 197 g/mol. The van der Waals surface area contributed by atoms with Gasteiger partial charge in [0.15, 0.2) is 0 Å². The van der Waals surface area contributed by atoms with Gasteiger partial charge in [0.05, 0.1) is 7.11 Å². The van der Waals surface area contributed by atoms with Crippen molar-refractivity contribution in [2.75, 3.05) is 7.11 Å². The van der Waals surface area contributed by atoms with Crippen molar-refractivity contribution in [2.24, 2.45) is 0 Å². The van der Waals surface area contributed by atoms with E-state index in [0.717, 1.165) is 7.11 Å². The van der Waals surface area contributed by atoms with Gasteiger partial charge in [0, 0.05) is 22.4 Å². The van der Waals surface area contributed by atoms with Gasteiger partial charge in [0.1, 0.15) is 0 Å². The Kier molecular flexibility index (Phi) is 6.41. The SMILES string of the molecule is COC(=O)C(=O)O.[Nb]. The van der Waals surface area contributed by atoms with E-state index in [2.05, 4.69) is 4.74 Å². The Labute approximate surface area is 61.3 Å². The van der Waals surface area contributed by atoms with Crippen LogP contribution in [0.2, 0.25) is 0 Å². The van der Waals surface area contributed by atoms with Crippen molar-refractivity contribution in [1.29, 1.82) is 0 Å². The second kappa shape index (κ2) is 4.83. The van der Waals surface area contributed by atoms with Crippen LogP contribution < -0.4 is 0 Å². The third kappa shape index (κ3) is 3.86. The normalized spacial score (nSPS) is 6.62. The van der Waals surface area contributed by atoms with Crippen LogP contribution in [0.3, 0.4) is 0 Å². The molecule has 0 aromatic carbocycles. The maximum atomic E-state index is 9.69. The van der Waals surface area contributed by atoms with Gasteiger partial charge < -0.3 is 9.84 Å². The number of carbonyl (C=O) groups is 2. The van der Waals surface area contributed by atoms with E-state index in [1.54, 1.807) is 0 Å². The summed E-state index contributed by atoms with van der Waals surface area (Å²) in [4.78, 5) is 19.1. The summed E-state index contributed by atoms with van der Waals surface area (Å²) >= 11 is 0. The molecule has 0 spiro atoms. The monoisotopic (exact) mass is 197 g/mol. The summed E-state index contributed by atoms with van der Waals surface area (Å²) in [7, 11) is 1.01. The molecule has 0 heterocycles. The molecule has 0 rings (SSSR count). The molecule has 0 unspecified atom stereocenters. The molecule has 0 saturated carbocycles. The Bertz CT molecular complexity index is 99.5. The molecule has 0 atom stereocenters. The molecule has 0 aliphatic carbocycles. The molecule has 0 saturated heterocycles. The Morgan fingerprint density at radius 3 is 1.88 bits per heavy atom. The predicted molar refractivity (Wildman–Crippen MR) is 19.7 cm³/mol. The van der Waals surface area contributed by atoms with Crippen LogP contribution in [-0.2, 0) is 36.7 Å². The van der Waals surface area contributed by atoms with E-state index in [9.17, 15) is 9.59 Å². The first-order valence-corrected chi connectivity index (χ1v) is 1.49. The topological polar surface area (TPSA) is 63.6 Å². The van der Waals surface area contributed by atoms with Crippen molar-refractivity contribution in [3.63, 3.8) is 0 Å². The fourth-order valence-electron chi connectivity index (χ4n) is 0.0873. The van der Waals surface area contributed by atoms with Crippen LogP contribution >= 0.6 is 0 Å². The minimum atomic E-state index is -1.57. The van der Waals surface area contributed by atoms with Crippen molar-refractivity contribution in [3.8, 4) is 0 Å². The molecular formula is C3H4NbO4. The number of carboxylic acids is 1. The molecule has 0 aliphatic heterocycles. The van der Waals surface area contributed by atoms with E-state index in [4.69, 9.17) is 5.11 Å². The van der Waals surface area contributed by atoms with Crippen LogP contribution in [0.25, 0.3) is 0 Å². The molecule has 0 aliphatic rings. The molecule has 5 heteroatoms. The molecule has 1 N–H and O–H groups in total. The number of aliphatic carboxylic acids is 1. The Hall–Kier alpha value is -0.320. The maximum absolute atomic E-state index is 9.69. The number of carboxylic acid groups (broad SMARTS) is 1. The molecule has 0 aromatic rings. The number of carbonyl (C=O) groups excluding carboxylic acids is 1. The van der Waals surface area contributed by atoms with E-state index in [-0.39, 0.29) is 22.4 Å². The third-order valence-corrected chi connectivity index (χ3v) is 0.360. The summed E-state index contributed by atoms with van der Waals surface area (Å²) in [6.45, 7) is 0. The zero-order valence-corrected chi connectivity index (χ0v) is 6.32. The number of methoxy groups -OCH3 is 1. The summed E-state index contributed by atoms with van der Waals surface area (Å²) in [5.41, 5.74) is 0. The van der Waals surface area contributed by atoms with Crippen LogP contribution in [0.5, 0.6) is 0 Å². The van der Waals surface area contributed by atoms with E-state index in [1.165, 1.54) is 0 Å². The number of rotatable bonds is 0. The van der Waals surface area contributed by atoms with Crippen LogP contribution in [0.4, 0.5) is 0 Å². The smallest absolute Gasteiger partial charge is 0.417 e. The molecular weight excluding hydrogens is 193 g/mol. The summed E-state index contributed by atoms with van der Waals surface area (Å²) in [6, 6.07) is 0. The first kappa shape index (κ1) is 10.6. The van der Waals surface area contributed by atoms with Crippen LogP contribution in [0, 0.1) is 0 Å². The third-order valence-electron chi connectivity index (χ3n) is 0.360. The Morgan fingerprint density at radius 2 is 1.88 bits per heavy atom.